The molecule has 0 aliphatic carbocycles. The van der Waals surface area contributed by atoms with Crippen LogP contribution >= 0.6 is 0 Å². The van der Waals surface area contributed by atoms with E-state index in [0.29, 0.717) is 12.3 Å². The highest BCUT2D eigenvalue weighted by Crippen LogP contribution is 2.04. The second-order valence-corrected chi connectivity index (χ2v) is 1.88. The van der Waals surface area contributed by atoms with Crippen LogP contribution in [0.1, 0.15) is 5.56 Å². The first-order valence-corrected chi connectivity index (χ1v) is 3.03. The van der Waals surface area contributed by atoms with Gasteiger partial charge in [-0.2, -0.15) is 0 Å². The van der Waals surface area contributed by atoms with E-state index in [4.69, 9.17) is 10.5 Å². The van der Waals surface area contributed by atoms with E-state index in [-0.39, 0.29) is 0 Å². The molecule has 0 aliphatic rings. The molecule has 2 heteroatoms. The van der Waals surface area contributed by atoms with E-state index >= 15 is 0 Å². The van der Waals surface area contributed by atoms with Crippen LogP contribution in [0, 0.1) is 12.1 Å². The summed E-state index contributed by atoms with van der Waals surface area (Å²) in [6.07, 6.45) is 0. The SMILES string of the molecule is COc1c#cc(CN)cc1. The molecule has 0 spiro atoms. The second kappa shape index (κ2) is 3.09. The Labute approximate surface area is 60.6 Å². The van der Waals surface area contributed by atoms with Crippen LogP contribution in [0.4, 0.5) is 0 Å². The van der Waals surface area contributed by atoms with Crippen LogP contribution in [0.5, 0.6) is 5.75 Å². The zero-order valence-electron chi connectivity index (χ0n) is 5.85. The molecule has 0 saturated carbocycles. The molecule has 1 aromatic rings. The molecule has 0 saturated heterocycles. The van der Waals surface area contributed by atoms with Gasteiger partial charge in [-0.05, 0) is 18.2 Å². The minimum atomic E-state index is 0.500. The summed E-state index contributed by atoms with van der Waals surface area (Å²) in [6, 6.07) is 9.36. The molecule has 0 fully saturated rings. The summed E-state index contributed by atoms with van der Waals surface area (Å²) in [7, 11) is 1.60. The Kier molecular flexibility index (Phi) is 2.14. The number of ether oxygens (including phenoxy) is 1. The molecule has 1 aromatic carbocycles. The third-order valence-corrected chi connectivity index (χ3v) is 1.22. The van der Waals surface area contributed by atoms with Crippen molar-refractivity contribution >= 4 is 0 Å². The average Bonchev–Trinajstić information content (AvgIpc) is 2.05. The molecule has 0 heterocycles. The van der Waals surface area contributed by atoms with Gasteiger partial charge in [0.25, 0.3) is 0 Å². The van der Waals surface area contributed by atoms with Crippen LogP contribution in [-0.2, 0) is 6.54 Å². The van der Waals surface area contributed by atoms with Crippen molar-refractivity contribution in [3.63, 3.8) is 0 Å². The van der Waals surface area contributed by atoms with Crippen LogP contribution in [0.15, 0.2) is 12.1 Å². The minimum absolute atomic E-state index is 0.500. The molecule has 0 unspecified atom stereocenters. The summed E-state index contributed by atoms with van der Waals surface area (Å²) in [6.45, 7) is 0.500. The maximum Gasteiger partial charge on any atom is 0.169 e. The third-order valence-electron chi connectivity index (χ3n) is 1.22. The highest BCUT2D eigenvalue weighted by atomic mass is 16.5. The lowest BCUT2D eigenvalue weighted by Crippen LogP contribution is -1.94. The number of hydrogen-bond acceptors (Lipinski definition) is 2. The van der Waals surface area contributed by atoms with Gasteiger partial charge < -0.3 is 10.5 Å². The molecule has 52 valence electrons. The van der Waals surface area contributed by atoms with E-state index in [9.17, 15) is 0 Å². The van der Waals surface area contributed by atoms with Gasteiger partial charge in [0.1, 0.15) is 0 Å². The lowest BCUT2D eigenvalue weighted by atomic mass is 10.2. The maximum absolute atomic E-state index is 5.35. The van der Waals surface area contributed by atoms with Gasteiger partial charge in [-0.25, -0.2) is 0 Å². The zero-order valence-corrected chi connectivity index (χ0v) is 5.85. The maximum atomic E-state index is 5.35. The van der Waals surface area contributed by atoms with Gasteiger partial charge in [-0.15, -0.1) is 0 Å². The summed E-state index contributed by atoms with van der Waals surface area (Å²) in [5.41, 5.74) is 6.29. The van der Waals surface area contributed by atoms with Gasteiger partial charge >= 0.3 is 0 Å². The Bertz CT molecular complexity index is 170. The fourth-order valence-corrected chi connectivity index (χ4v) is 0.640. The van der Waals surface area contributed by atoms with E-state index in [0.717, 1.165) is 5.56 Å². The van der Waals surface area contributed by atoms with Gasteiger partial charge in [0.05, 0.1) is 7.11 Å². The molecule has 1 rings (SSSR count). The van der Waals surface area contributed by atoms with E-state index in [1.54, 1.807) is 7.11 Å². The predicted octanol–water partition coefficient (Wildman–Crippen LogP) is 0.754. The zero-order chi connectivity index (χ0) is 7.40. The average molecular weight is 135 g/mol. The number of hydrogen-bond donors (Lipinski definition) is 1. The van der Waals surface area contributed by atoms with Gasteiger partial charge in [0, 0.05) is 12.1 Å². The van der Waals surface area contributed by atoms with Crippen molar-refractivity contribution in [2.45, 2.75) is 6.54 Å². The van der Waals surface area contributed by atoms with Crippen molar-refractivity contribution in [2.75, 3.05) is 7.11 Å². The van der Waals surface area contributed by atoms with Gasteiger partial charge in [0.15, 0.2) is 5.75 Å². The minimum Gasteiger partial charge on any atom is -0.489 e. The Morgan fingerprint density at radius 1 is 1.50 bits per heavy atom. The van der Waals surface area contributed by atoms with Gasteiger partial charge in [0.2, 0.25) is 0 Å². The quantitative estimate of drug-likeness (QED) is 0.649. The van der Waals surface area contributed by atoms with Crippen LogP contribution in [-0.4, -0.2) is 7.11 Å². The molecular formula is C8H9NO. The van der Waals surface area contributed by atoms with Crippen LogP contribution in [0.25, 0.3) is 0 Å². The Morgan fingerprint density at radius 3 is 2.70 bits per heavy atom. The van der Waals surface area contributed by atoms with Crippen molar-refractivity contribution in [2.24, 2.45) is 5.73 Å². The van der Waals surface area contributed by atoms with E-state index in [1.807, 2.05) is 12.1 Å². The van der Waals surface area contributed by atoms with Crippen molar-refractivity contribution in [1.29, 1.82) is 0 Å². The van der Waals surface area contributed by atoms with Crippen LogP contribution < -0.4 is 10.5 Å². The molecule has 2 nitrogen and oxygen atoms in total. The monoisotopic (exact) mass is 135 g/mol. The molecule has 2 N–H and O–H groups in total. The highest BCUT2D eigenvalue weighted by Gasteiger charge is 1.87. The standard InChI is InChI=1S/C8H9NO/c1-10-8-4-2-7(6-9)3-5-8/h2,4H,6,9H2,1H3. The summed E-state index contributed by atoms with van der Waals surface area (Å²) in [5.74, 6) is 0.692. The van der Waals surface area contributed by atoms with E-state index in [1.165, 1.54) is 0 Å². The number of methoxy groups -OCH3 is 1. The summed E-state index contributed by atoms with van der Waals surface area (Å²) in [5, 5.41) is 0. The molecule has 0 aromatic heterocycles. The van der Waals surface area contributed by atoms with Crippen LogP contribution in [0.3, 0.4) is 0 Å². The first kappa shape index (κ1) is 6.91. The van der Waals surface area contributed by atoms with Crippen molar-refractivity contribution in [3.05, 3.63) is 29.8 Å². The predicted molar refractivity (Wildman–Crippen MR) is 38.6 cm³/mol. The molecule has 0 radical (unpaired) electrons. The lowest BCUT2D eigenvalue weighted by Gasteiger charge is -1.93. The first-order valence-electron chi connectivity index (χ1n) is 3.03. The van der Waals surface area contributed by atoms with Gasteiger partial charge in [-0.1, -0.05) is 6.07 Å². The summed E-state index contributed by atoms with van der Waals surface area (Å²) in [4.78, 5) is 0. The van der Waals surface area contributed by atoms with Crippen molar-refractivity contribution in [1.82, 2.24) is 0 Å². The Morgan fingerprint density at radius 2 is 2.30 bits per heavy atom. The first-order chi connectivity index (χ1) is 4.86. The van der Waals surface area contributed by atoms with E-state index in [2.05, 4.69) is 12.1 Å². The fraction of sp³-hybridized carbons (Fsp3) is 0.250. The van der Waals surface area contributed by atoms with Gasteiger partial charge in [-0.3, -0.25) is 0 Å². The fourth-order valence-electron chi connectivity index (χ4n) is 0.640. The topological polar surface area (TPSA) is 35.2 Å². The molecule has 0 bridgehead atoms. The highest BCUT2D eigenvalue weighted by molar-refractivity contribution is 5.19. The van der Waals surface area contributed by atoms with E-state index < -0.39 is 0 Å². The molecular weight excluding hydrogens is 126 g/mol. The van der Waals surface area contributed by atoms with Crippen molar-refractivity contribution in [3.8, 4) is 5.75 Å². The largest absolute Gasteiger partial charge is 0.489 e. The molecule has 0 atom stereocenters. The summed E-state index contributed by atoms with van der Waals surface area (Å²) < 4.78 is 4.89. The summed E-state index contributed by atoms with van der Waals surface area (Å²) >= 11 is 0. The third kappa shape index (κ3) is 1.40. The lowest BCUT2D eigenvalue weighted by molar-refractivity contribution is 0.415. The molecule has 10 heavy (non-hydrogen) atoms. The van der Waals surface area contributed by atoms with Crippen LogP contribution in [0.2, 0.25) is 0 Å². The van der Waals surface area contributed by atoms with Crippen molar-refractivity contribution < 1.29 is 4.74 Å². The Balaban J connectivity index is 2.80. The Hall–Kier alpha value is -1.20. The number of nitrogens with two attached hydrogens (primary N) is 1. The smallest absolute Gasteiger partial charge is 0.169 e. The number of rotatable bonds is 2. The normalized spacial score (nSPS) is 8.60. The second-order valence-electron chi connectivity index (χ2n) is 1.88. The molecule has 0 aliphatic heterocycles. The molecule has 0 amide bonds.